The number of carbonyl (C=O) groups is 3. The van der Waals surface area contributed by atoms with Gasteiger partial charge < -0.3 is 19.6 Å². The van der Waals surface area contributed by atoms with Crippen molar-refractivity contribution in [1.29, 1.82) is 0 Å². The lowest BCUT2D eigenvalue weighted by molar-refractivity contribution is -0.132. The first-order valence-electron chi connectivity index (χ1n) is 9.51. The van der Waals surface area contributed by atoms with Gasteiger partial charge in [-0.25, -0.2) is 9.59 Å². The number of hydrogen-bond acceptors (Lipinski definition) is 6. The van der Waals surface area contributed by atoms with E-state index in [-0.39, 0.29) is 24.6 Å². The molecule has 1 heterocycles. The molecule has 0 saturated heterocycles. The van der Waals surface area contributed by atoms with Crippen LogP contribution < -0.4 is 0 Å². The van der Waals surface area contributed by atoms with E-state index in [9.17, 15) is 14.4 Å². The first-order chi connectivity index (χ1) is 13.4. The monoisotopic (exact) mass is 408 g/mol. The molecule has 0 bridgehead atoms. The third-order valence-electron chi connectivity index (χ3n) is 3.95. The average Bonchev–Trinajstić information content (AvgIpc) is 2.60. The Morgan fingerprint density at radius 2 is 1.79 bits per heavy atom. The lowest BCUT2D eigenvalue weighted by Gasteiger charge is -2.29. The fraction of sp³-hybridized carbons (Fsp3) is 0.600. The molecule has 0 aromatic carbocycles. The molecule has 0 aliphatic carbocycles. The van der Waals surface area contributed by atoms with E-state index < -0.39 is 17.7 Å². The van der Waals surface area contributed by atoms with Crippen molar-refractivity contribution in [3.63, 3.8) is 0 Å². The number of carboxylic acids is 1. The van der Waals surface area contributed by atoms with E-state index in [0.29, 0.717) is 25.3 Å². The van der Waals surface area contributed by atoms with Crippen LogP contribution in [0.4, 0.5) is 4.79 Å². The van der Waals surface area contributed by atoms with Gasteiger partial charge in [0.25, 0.3) is 0 Å². The van der Waals surface area contributed by atoms with Gasteiger partial charge in [0.2, 0.25) is 5.91 Å². The summed E-state index contributed by atoms with van der Waals surface area (Å²) in [5.74, 6) is -1.30. The highest BCUT2D eigenvalue weighted by Crippen LogP contribution is 2.13. The number of aromatic nitrogens is 1. The minimum atomic E-state index is -1.09. The Morgan fingerprint density at radius 3 is 2.31 bits per heavy atom. The maximum Gasteiger partial charge on any atom is 0.411 e. The Balaban J connectivity index is 3.01. The topological polar surface area (TPSA) is 103 Å². The number of carbonyl (C=O) groups excluding carboxylic acids is 2. The lowest BCUT2D eigenvalue weighted by Crippen LogP contribution is -2.46. The summed E-state index contributed by atoms with van der Waals surface area (Å²) in [6.45, 7) is 8.63. The van der Waals surface area contributed by atoms with Crippen molar-refractivity contribution in [3.8, 4) is 0 Å². The SMILES string of the molecule is CCN(CCN(C)C)C(=O)CN(Cc1cc(C(=O)O)ccn1)C(=O)OC(C)(C)C. The largest absolute Gasteiger partial charge is 0.478 e. The Bertz CT molecular complexity index is 715. The summed E-state index contributed by atoms with van der Waals surface area (Å²) >= 11 is 0. The molecule has 0 unspecified atom stereocenters. The van der Waals surface area contributed by atoms with E-state index in [1.54, 1.807) is 25.7 Å². The van der Waals surface area contributed by atoms with Gasteiger partial charge in [-0.2, -0.15) is 0 Å². The van der Waals surface area contributed by atoms with Crippen molar-refractivity contribution in [3.05, 3.63) is 29.6 Å². The summed E-state index contributed by atoms with van der Waals surface area (Å²) in [7, 11) is 3.85. The summed E-state index contributed by atoms with van der Waals surface area (Å²) in [5.41, 5.74) is -0.309. The molecule has 0 aliphatic heterocycles. The number of likely N-dealkylation sites (N-methyl/N-ethyl adjacent to an activating group) is 2. The van der Waals surface area contributed by atoms with Crippen LogP contribution in [0.1, 0.15) is 43.7 Å². The fourth-order valence-corrected chi connectivity index (χ4v) is 2.45. The molecule has 0 saturated carbocycles. The highest BCUT2D eigenvalue weighted by Gasteiger charge is 2.26. The number of amides is 2. The number of aromatic carboxylic acids is 1. The van der Waals surface area contributed by atoms with E-state index in [0.717, 1.165) is 0 Å². The third kappa shape index (κ3) is 8.91. The zero-order valence-electron chi connectivity index (χ0n) is 18.1. The van der Waals surface area contributed by atoms with E-state index in [1.807, 2.05) is 25.9 Å². The van der Waals surface area contributed by atoms with Crippen LogP contribution >= 0.6 is 0 Å². The van der Waals surface area contributed by atoms with E-state index in [4.69, 9.17) is 9.84 Å². The number of rotatable bonds is 9. The van der Waals surface area contributed by atoms with Crippen LogP contribution in [0.3, 0.4) is 0 Å². The minimum absolute atomic E-state index is 0.0347. The van der Waals surface area contributed by atoms with Crippen LogP contribution in [-0.4, -0.2) is 88.6 Å². The molecule has 162 valence electrons. The number of carboxylic acid groups (broad SMARTS) is 1. The Hall–Kier alpha value is -2.68. The third-order valence-corrected chi connectivity index (χ3v) is 3.95. The van der Waals surface area contributed by atoms with Crippen LogP contribution in [0.2, 0.25) is 0 Å². The summed E-state index contributed by atoms with van der Waals surface area (Å²) in [6.07, 6.45) is 0.709. The standard InChI is InChI=1S/C20H32N4O5/c1-7-23(11-10-22(5)6)17(25)14-24(19(28)29-20(2,3)4)13-16-12-15(18(26)27)8-9-21-16/h8-9,12H,7,10-11,13-14H2,1-6H3,(H,26,27). The van der Waals surface area contributed by atoms with Gasteiger partial charge in [0.05, 0.1) is 17.8 Å². The minimum Gasteiger partial charge on any atom is -0.478 e. The molecule has 0 fully saturated rings. The van der Waals surface area contributed by atoms with Gasteiger partial charge >= 0.3 is 12.1 Å². The van der Waals surface area contributed by atoms with Gasteiger partial charge in [0, 0.05) is 25.8 Å². The molecule has 9 heteroatoms. The average molecular weight is 408 g/mol. The molecule has 1 N–H and O–H groups in total. The van der Waals surface area contributed by atoms with E-state index >= 15 is 0 Å². The fourth-order valence-electron chi connectivity index (χ4n) is 2.45. The summed E-state index contributed by atoms with van der Waals surface area (Å²) in [6, 6.07) is 2.75. The molecule has 1 rings (SSSR count). The summed E-state index contributed by atoms with van der Waals surface area (Å²) < 4.78 is 5.43. The molecule has 2 amide bonds. The molecule has 1 aromatic heterocycles. The van der Waals surface area contributed by atoms with Gasteiger partial charge in [-0.05, 0) is 53.9 Å². The second kappa shape index (κ2) is 10.8. The van der Waals surface area contributed by atoms with Crippen molar-refractivity contribution in [2.75, 3.05) is 40.3 Å². The predicted octanol–water partition coefficient (Wildman–Crippen LogP) is 1.93. The van der Waals surface area contributed by atoms with Gasteiger partial charge in [0.15, 0.2) is 0 Å². The maximum atomic E-state index is 12.8. The quantitative estimate of drug-likeness (QED) is 0.666. The van der Waals surface area contributed by atoms with Gasteiger partial charge in [-0.3, -0.25) is 14.7 Å². The van der Waals surface area contributed by atoms with Gasteiger partial charge in [0.1, 0.15) is 12.1 Å². The first kappa shape index (κ1) is 24.4. The Kier molecular flexibility index (Phi) is 9.03. The van der Waals surface area contributed by atoms with Crippen LogP contribution in [0, 0.1) is 0 Å². The van der Waals surface area contributed by atoms with E-state index in [1.165, 1.54) is 23.2 Å². The Morgan fingerprint density at radius 1 is 1.14 bits per heavy atom. The molecular weight excluding hydrogens is 376 g/mol. The molecule has 1 aromatic rings. The first-order valence-corrected chi connectivity index (χ1v) is 9.51. The van der Waals surface area contributed by atoms with Crippen molar-refractivity contribution < 1.29 is 24.2 Å². The highest BCUT2D eigenvalue weighted by atomic mass is 16.6. The van der Waals surface area contributed by atoms with Crippen molar-refractivity contribution in [1.82, 2.24) is 19.7 Å². The van der Waals surface area contributed by atoms with Crippen molar-refractivity contribution in [2.24, 2.45) is 0 Å². The molecule has 29 heavy (non-hydrogen) atoms. The highest BCUT2D eigenvalue weighted by molar-refractivity contribution is 5.87. The maximum absolute atomic E-state index is 12.8. The lowest BCUT2D eigenvalue weighted by atomic mass is 10.2. The van der Waals surface area contributed by atoms with Gasteiger partial charge in [-0.15, -0.1) is 0 Å². The number of ether oxygens (including phenoxy) is 1. The second-order valence-corrected chi connectivity index (χ2v) is 7.95. The smallest absolute Gasteiger partial charge is 0.411 e. The molecule has 0 atom stereocenters. The molecule has 9 nitrogen and oxygen atoms in total. The second-order valence-electron chi connectivity index (χ2n) is 7.95. The zero-order chi connectivity index (χ0) is 22.2. The van der Waals surface area contributed by atoms with Crippen LogP contribution in [0.15, 0.2) is 18.3 Å². The number of hydrogen-bond donors (Lipinski definition) is 1. The zero-order valence-corrected chi connectivity index (χ0v) is 18.1. The summed E-state index contributed by atoms with van der Waals surface area (Å²) in [5, 5.41) is 9.16. The molecular formula is C20H32N4O5. The normalized spacial score (nSPS) is 11.3. The van der Waals surface area contributed by atoms with Crippen molar-refractivity contribution in [2.45, 2.75) is 39.8 Å². The van der Waals surface area contributed by atoms with E-state index in [2.05, 4.69) is 4.98 Å². The number of pyridine rings is 1. The molecule has 0 spiro atoms. The summed E-state index contributed by atoms with van der Waals surface area (Å²) in [4.78, 5) is 45.7. The molecule has 0 radical (unpaired) electrons. The Labute approximate surface area is 172 Å². The van der Waals surface area contributed by atoms with Crippen LogP contribution in [0.25, 0.3) is 0 Å². The van der Waals surface area contributed by atoms with Crippen molar-refractivity contribution >= 4 is 18.0 Å². The number of nitrogens with zero attached hydrogens (tertiary/aromatic N) is 4. The van der Waals surface area contributed by atoms with Crippen LogP contribution in [-0.2, 0) is 16.1 Å². The van der Waals surface area contributed by atoms with Crippen LogP contribution in [0.5, 0.6) is 0 Å². The van der Waals surface area contributed by atoms with Gasteiger partial charge in [-0.1, -0.05) is 0 Å². The molecule has 0 aliphatic rings. The predicted molar refractivity (Wildman–Crippen MR) is 109 cm³/mol.